The van der Waals surface area contributed by atoms with Crippen LogP contribution < -0.4 is 4.90 Å². The summed E-state index contributed by atoms with van der Waals surface area (Å²) in [5.74, 6) is 0.554. The van der Waals surface area contributed by atoms with Crippen LogP contribution >= 0.6 is 15.9 Å². The third kappa shape index (κ3) is 4.00. The number of pyridine rings is 1. The van der Waals surface area contributed by atoms with Gasteiger partial charge in [0.1, 0.15) is 12.4 Å². The van der Waals surface area contributed by atoms with Crippen LogP contribution in [0.5, 0.6) is 0 Å². The largest absolute Gasteiger partial charge is 0.468 e. The van der Waals surface area contributed by atoms with E-state index in [2.05, 4.69) is 32.6 Å². The number of nitrogens with zero attached hydrogens (tertiary/aromatic N) is 2. The number of anilines is 1. The van der Waals surface area contributed by atoms with Crippen molar-refractivity contribution in [3.8, 4) is 0 Å². The standard InChI is InChI=1S/C12H17BrN2O2/c1-4-7-15(8-12(16)17-3)11-6-5-10(13)9(2)14-11/h5-6H,4,7-8H2,1-3H3. The zero-order chi connectivity index (χ0) is 12.8. The Kier molecular flexibility index (Phi) is 5.41. The smallest absolute Gasteiger partial charge is 0.325 e. The van der Waals surface area contributed by atoms with Gasteiger partial charge in [-0.1, -0.05) is 6.92 Å². The number of hydrogen-bond donors (Lipinski definition) is 0. The topological polar surface area (TPSA) is 42.4 Å². The first kappa shape index (κ1) is 14.0. The summed E-state index contributed by atoms with van der Waals surface area (Å²) in [7, 11) is 1.40. The number of hydrogen-bond acceptors (Lipinski definition) is 4. The molecule has 0 bridgehead atoms. The Morgan fingerprint density at radius 3 is 2.76 bits per heavy atom. The van der Waals surface area contributed by atoms with Gasteiger partial charge in [0.25, 0.3) is 0 Å². The van der Waals surface area contributed by atoms with Crippen molar-refractivity contribution in [3.63, 3.8) is 0 Å². The molecule has 0 aliphatic rings. The van der Waals surface area contributed by atoms with Crippen LogP contribution in [-0.2, 0) is 9.53 Å². The molecule has 0 amide bonds. The number of ether oxygens (including phenoxy) is 1. The number of carbonyl (C=O) groups is 1. The molecule has 5 heteroatoms. The highest BCUT2D eigenvalue weighted by atomic mass is 79.9. The van der Waals surface area contributed by atoms with E-state index in [-0.39, 0.29) is 12.5 Å². The summed E-state index contributed by atoms with van der Waals surface area (Å²) in [6.07, 6.45) is 0.952. The lowest BCUT2D eigenvalue weighted by Crippen LogP contribution is -2.32. The third-order valence-electron chi connectivity index (χ3n) is 2.37. The van der Waals surface area contributed by atoms with Gasteiger partial charge in [-0.2, -0.15) is 0 Å². The van der Waals surface area contributed by atoms with Crippen molar-refractivity contribution in [2.24, 2.45) is 0 Å². The van der Waals surface area contributed by atoms with Gasteiger partial charge < -0.3 is 9.64 Å². The predicted octanol–water partition coefficient (Wildman–Crippen LogP) is 2.54. The van der Waals surface area contributed by atoms with Gasteiger partial charge in [-0.3, -0.25) is 4.79 Å². The maximum Gasteiger partial charge on any atom is 0.325 e. The normalized spacial score (nSPS) is 10.1. The second kappa shape index (κ2) is 6.59. The number of rotatable bonds is 5. The zero-order valence-corrected chi connectivity index (χ0v) is 12.0. The molecular formula is C12H17BrN2O2. The maximum atomic E-state index is 11.3. The van der Waals surface area contributed by atoms with E-state index in [1.807, 2.05) is 24.0 Å². The van der Waals surface area contributed by atoms with Crippen molar-refractivity contribution < 1.29 is 9.53 Å². The van der Waals surface area contributed by atoms with E-state index in [9.17, 15) is 4.79 Å². The van der Waals surface area contributed by atoms with Crippen LogP contribution in [0.2, 0.25) is 0 Å². The molecule has 0 spiro atoms. The summed E-state index contributed by atoms with van der Waals surface area (Å²) in [4.78, 5) is 17.7. The van der Waals surface area contributed by atoms with Crippen LogP contribution in [0.25, 0.3) is 0 Å². The molecule has 0 fully saturated rings. The summed E-state index contributed by atoms with van der Waals surface area (Å²) in [6.45, 7) is 5.01. The van der Waals surface area contributed by atoms with Crippen molar-refractivity contribution in [2.75, 3.05) is 25.1 Å². The number of aromatic nitrogens is 1. The molecule has 1 rings (SSSR count). The van der Waals surface area contributed by atoms with Gasteiger partial charge in [-0.05, 0) is 41.4 Å². The average molecular weight is 301 g/mol. The minimum absolute atomic E-state index is 0.235. The van der Waals surface area contributed by atoms with Crippen LogP contribution in [-0.4, -0.2) is 31.2 Å². The van der Waals surface area contributed by atoms with Crippen LogP contribution in [0.4, 0.5) is 5.82 Å². The number of halogens is 1. The molecule has 0 radical (unpaired) electrons. The van der Waals surface area contributed by atoms with Crippen LogP contribution in [0.1, 0.15) is 19.0 Å². The molecule has 17 heavy (non-hydrogen) atoms. The number of esters is 1. The third-order valence-corrected chi connectivity index (χ3v) is 3.21. The molecule has 0 unspecified atom stereocenters. The molecule has 0 aliphatic heterocycles. The summed E-state index contributed by atoms with van der Waals surface area (Å²) < 4.78 is 5.65. The summed E-state index contributed by atoms with van der Waals surface area (Å²) in [5.41, 5.74) is 0.911. The number of methoxy groups -OCH3 is 1. The van der Waals surface area contributed by atoms with Gasteiger partial charge >= 0.3 is 5.97 Å². The van der Waals surface area contributed by atoms with Crippen LogP contribution in [0, 0.1) is 6.92 Å². The van der Waals surface area contributed by atoms with Crippen LogP contribution in [0.15, 0.2) is 16.6 Å². The van der Waals surface area contributed by atoms with Gasteiger partial charge in [-0.15, -0.1) is 0 Å². The van der Waals surface area contributed by atoms with Gasteiger partial charge in [0.05, 0.1) is 12.8 Å². The molecule has 0 aromatic carbocycles. The molecule has 4 nitrogen and oxygen atoms in total. The second-order valence-corrected chi connectivity index (χ2v) is 4.59. The highest BCUT2D eigenvalue weighted by Gasteiger charge is 2.12. The lowest BCUT2D eigenvalue weighted by molar-refractivity contribution is -0.138. The average Bonchev–Trinajstić information content (AvgIpc) is 2.32. The molecule has 1 heterocycles. The lowest BCUT2D eigenvalue weighted by atomic mass is 10.3. The highest BCUT2D eigenvalue weighted by Crippen LogP contribution is 2.19. The van der Waals surface area contributed by atoms with Crippen molar-refractivity contribution >= 4 is 27.7 Å². The molecule has 0 saturated carbocycles. The van der Waals surface area contributed by atoms with E-state index in [0.29, 0.717) is 0 Å². The van der Waals surface area contributed by atoms with Crippen LogP contribution in [0.3, 0.4) is 0 Å². The van der Waals surface area contributed by atoms with Crippen molar-refractivity contribution in [3.05, 3.63) is 22.3 Å². The monoisotopic (exact) mass is 300 g/mol. The predicted molar refractivity (Wildman–Crippen MR) is 71.2 cm³/mol. The first-order chi connectivity index (χ1) is 8.08. The Balaban J connectivity index is 2.88. The Morgan fingerprint density at radius 1 is 1.53 bits per heavy atom. The fourth-order valence-corrected chi connectivity index (χ4v) is 1.69. The van der Waals surface area contributed by atoms with E-state index in [1.165, 1.54) is 7.11 Å². The minimum atomic E-state index is -0.249. The first-order valence-electron chi connectivity index (χ1n) is 5.53. The Bertz CT molecular complexity index is 396. The number of aryl methyl sites for hydroxylation is 1. The first-order valence-corrected chi connectivity index (χ1v) is 6.32. The molecule has 1 aromatic rings. The van der Waals surface area contributed by atoms with Gasteiger partial charge in [0, 0.05) is 11.0 Å². The quantitative estimate of drug-likeness (QED) is 0.784. The molecule has 0 aliphatic carbocycles. The fraction of sp³-hybridized carbons (Fsp3) is 0.500. The summed E-state index contributed by atoms with van der Waals surface area (Å²) in [5, 5.41) is 0. The molecule has 94 valence electrons. The van der Waals surface area contributed by atoms with Crippen molar-refractivity contribution in [1.82, 2.24) is 4.98 Å². The Hall–Kier alpha value is -1.10. The van der Waals surface area contributed by atoms with Gasteiger partial charge in [-0.25, -0.2) is 4.98 Å². The van der Waals surface area contributed by atoms with E-state index < -0.39 is 0 Å². The molecule has 0 atom stereocenters. The second-order valence-electron chi connectivity index (χ2n) is 3.73. The molecule has 0 saturated heterocycles. The van der Waals surface area contributed by atoms with E-state index in [0.717, 1.165) is 29.0 Å². The van der Waals surface area contributed by atoms with E-state index >= 15 is 0 Å². The van der Waals surface area contributed by atoms with Gasteiger partial charge in [0.2, 0.25) is 0 Å². The molecule has 0 N–H and O–H groups in total. The van der Waals surface area contributed by atoms with Crippen molar-refractivity contribution in [1.29, 1.82) is 0 Å². The molecular weight excluding hydrogens is 284 g/mol. The maximum absolute atomic E-state index is 11.3. The minimum Gasteiger partial charge on any atom is -0.468 e. The van der Waals surface area contributed by atoms with E-state index in [1.54, 1.807) is 0 Å². The SMILES string of the molecule is CCCN(CC(=O)OC)c1ccc(Br)c(C)n1. The lowest BCUT2D eigenvalue weighted by Gasteiger charge is -2.22. The highest BCUT2D eigenvalue weighted by molar-refractivity contribution is 9.10. The Labute approximate surface area is 110 Å². The fourth-order valence-electron chi connectivity index (χ4n) is 1.47. The zero-order valence-electron chi connectivity index (χ0n) is 10.4. The molecule has 1 aromatic heterocycles. The van der Waals surface area contributed by atoms with E-state index in [4.69, 9.17) is 0 Å². The summed E-state index contributed by atoms with van der Waals surface area (Å²) in [6, 6.07) is 3.84. The summed E-state index contributed by atoms with van der Waals surface area (Å²) >= 11 is 3.41. The van der Waals surface area contributed by atoms with Gasteiger partial charge in [0.15, 0.2) is 0 Å². The number of carbonyl (C=O) groups excluding carboxylic acids is 1. The Morgan fingerprint density at radius 2 is 2.24 bits per heavy atom. The van der Waals surface area contributed by atoms with Crippen molar-refractivity contribution in [2.45, 2.75) is 20.3 Å².